The van der Waals surface area contributed by atoms with Crippen molar-refractivity contribution in [1.82, 2.24) is 4.90 Å². The monoisotopic (exact) mass is 259 g/mol. The predicted octanol–water partition coefficient (Wildman–Crippen LogP) is 2.42. The summed E-state index contributed by atoms with van der Waals surface area (Å²) in [6.07, 6.45) is 6.58. The molecule has 0 N–H and O–H groups in total. The van der Waals surface area contributed by atoms with Crippen LogP contribution in [0.2, 0.25) is 0 Å². The summed E-state index contributed by atoms with van der Waals surface area (Å²) < 4.78 is 5.41. The Balaban J connectivity index is 1.98. The van der Waals surface area contributed by atoms with Crippen molar-refractivity contribution in [3.8, 4) is 0 Å². The summed E-state index contributed by atoms with van der Waals surface area (Å²) in [4.78, 5) is 14.5. The van der Waals surface area contributed by atoms with Gasteiger partial charge in [-0.3, -0.25) is 4.79 Å². The zero-order chi connectivity index (χ0) is 12.1. The van der Waals surface area contributed by atoms with E-state index in [-0.39, 0.29) is 17.9 Å². The molecule has 1 amide bonds. The van der Waals surface area contributed by atoms with Crippen LogP contribution < -0.4 is 0 Å². The Morgan fingerprint density at radius 2 is 2.12 bits per heavy atom. The van der Waals surface area contributed by atoms with Crippen molar-refractivity contribution >= 4 is 17.5 Å². The van der Waals surface area contributed by atoms with Gasteiger partial charge in [0.1, 0.15) is 0 Å². The molecule has 0 aromatic rings. The van der Waals surface area contributed by atoms with Gasteiger partial charge in [-0.2, -0.15) is 0 Å². The fourth-order valence-electron chi connectivity index (χ4n) is 2.80. The standard InChI is InChI=1S/C13H22ClNO2/c14-9-12-6-2-1-3-7-15(12)13(16)11-5-4-8-17-10-11/h11-12H,1-10H2. The average molecular weight is 260 g/mol. The third-order valence-electron chi connectivity index (χ3n) is 3.85. The number of carbonyl (C=O) groups excluding carboxylic acids is 1. The molecule has 2 heterocycles. The van der Waals surface area contributed by atoms with Crippen molar-refractivity contribution in [2.75, 3.05) is 25.6 Å². The van der Waals surface area contributed by atoms with Gasteiger partial charge >= 0.3 is 0 Å². The molecule has 2 fully saturated rings. The van der Waals surface area contributed by atoms with Crippen LogP contribution in [-0.2, 0) is 9.53 Å². The minimum Gasteiger partial charge on any atom is -0.381 e. The number of halogens is 1. The molecule has 0 bridgehead atoms. The second kappa shape index (κ2) is 6.60. The highest BCUT2D eigenvalue weighted by molar-refractivity contribution is 6.18. The maximum Gasteiger partial charge on any atom is 0.228 e. The first-order chi connectivity index (χ1) is 8.33. The number of rotatable bonds is 2. The van der Waals surface area contributed by atoms with Gasteiger partial charge in [0.05, 0.1) is 12.5 Å². The van der Waals surface area contributed by atoms with Crippen molar-refractivity contribution in [2.45, 2.75) is 44.6 Å². The summed E-state index contributed by atoms with van der Waals surface area (Å²) in [5, 5.41) is 0. The molecule has 2 aliphatic rings. The molecule has 0 aromatic carbocycles. The van der Waals surface area contributed by atoms with Gasteiger partial charge in [0, 0.05) is 25.1 Å². The van der Waals surface area contributed by atoms with Gasteiger partial charge < -0.3 is 9.64 Å². The number of carbonyl (C=O) groups is 1. The minimum absolute atomic E-state index is 0.0765. The fraction of sp³-hybridized carbons (Fsp3) is 0.923. The highest BCUT2D eigenvalue weighted by Crippen LogP contribution is 2.23. The molecule has 17 heavy (non-hydrogen) atoms. The Kier molecular flexibility index (Phi) is 5.11. The lowest BCUT2D eigenvalue weighted by atomic mass is 9.99. The minimum atomic E-state index is 0.0765. The highest BCUT2D eigenvalue weighted by atomic mass is 35.5. The normalized spacial score (nSPS) is 31.0. The number of hydrogen-bond donors (Lipinski definition) is 0. The van der Waals surface area contributed by atoms with E-state index in [4.69, 9.17) is 16.3 Å². The molecule has 0 aromatic heterocycles. The zero-order valence-corrected chi connectivity index (χ0v) is 11.1. The van der Waals surface area contributed by atoms with Crippen LogP contribution >= 0.6 is 11.6 Å². The molecular formula is C13H22ClNO2. The molecule has 2 rings (SSSR count). The fourth-order valence-corrected chi connectivity index (χ4v) is 3.12. The van der Waals surface area contributed by atoms with Gasteiger partial charge in [0.15, 0.2) is 0 Å². The van der Waals surface area contributed by atoms with Gasteiger partial charge in [-0.1, -0.05) is 12.8 Å². The predicted molar refractivity (Wildman–Crippen MR) is 68.2 cm³/mol. The molecule has 2 saturated heterocycles. The second-order valence-corrected chi connectivity index (χ2v) is 5.41. The van der Waals surface area contributed by atoms with Gasteiger partial charge in [0.2, 0.25) is 5.91 Å². The molecule has 0 spiro atoms. The average Bonchev–Trinajstić information content (AvgIpc) is 2.64. The quantitative estimate of drug-likeness (QED) is 0.713. The Hall–Kier alpha value is -0.280. The van der Waals surface area contributed by atoms with Crippen molar-refractivity contribution < 1.29 is 9.53 Å². The third kappa shape index (κ3) is 3.35. The molecule has 0 saturated carbocycles. The van der Waals surface area contributed by atoms with E-state index in [1.54, 1.807) is 0 Å². The Morgan fingerprint density at radius 3 is 2.82 bits per heavy atom. The van der Waals surface area contributed by atoms with Crippen molar-refractivity contribution in [3.63, 3.8) is 0 Å². The number of nitrogens with zero attached hydrogens (tertiary/aromatic N) is 1. The summed E-state index contributed by atoms with van der Waals surface area (Å²) in [5.74, 6) is 0.920. The molecular weight excluding hydrogens is 238 g/mol. The Labute approximate surface area is 108 Å². The van der Waals surface area contributed by atoms with Crippen molar-refractivity contribution in [2.24, 2.45) is 5.92 Å². The van der Waals surface area contributed by atoms with Gasteiger partial charge in [0.25, 0.3) is 0 Å². The number of likely N-dealkylation sites (tertiary alicyclic amines) is 1. The van der Waals surface area contributed by atoms with E-state index < -0.39 is 0 Å². The van der Waals surface area contributed by atoms with Crippen LogP contribution in [0.25, 0.3) is 0 Å². The first-order valence-corrected chi connectivity index (χ1v) is 7.30. The molecule has 4 heteroatoms. The molecule has 2 aliphatic heterocycles. The summed E-state index contributed by atoms with van der Waals surface area (Å²) in [6.45, 7) is 2.29. The second-order valence-electron chi connectivity index (χ2n) is 5.10. The number of ether oxygens (including phenoxy) is 1. The van der Waals surface area contributed by atoms with Crippen LogP contribution in [0.1, 0.15) is 38.5 Å². The summed E-state index contributed by atoms with van der Waals surface area (Å²) in [6, 6.07) is 0.244. The molecule has 3 nitrogen and oxygen atoms in total. The van der Waals surface area contributed by atoms with E-state index in [2.05, 4.69) is 0 Å². The Morgan fingerprint density at radius 1 is 1.24 bits per heavy atom. The van der Waals surface area contributed by atoms with Crippen LogP contribution in [-0.4, -0.2) is 42.5 Å². The van der Waals surface area contributed by atoms with Crippen LogP contribution in [0.4, 0.5) is 0 Å². The lowest BCUT2D eigenvalue weighted by molar-refractivity contribution is -0.141. The van der Waals surface area contributed by atoms with Crippen molar-refractivity contribution in [3.05, 3.63) is 0 Å². The highest BCUT2D eigenvalue weighted by Gasteiger charge is 2.31. The van der Waals surface area contributed by atoms with Gasteiger partial charge in [-0.05, 0) is 25.7 Å². The lowest BCUT2D eigenvalue weighted by Gasteiger charge is -2.33. The largest absolute Gasteiger partial charge is 0.381 e. The summed E-state index contributed by atoms with van der Waals surface area (Å²) in [5.41, 5.74) is 0. The number of alkyl halides is 1. The van der Waals surface area contributed by atoms with Crippen LogP contribution in [0, 0.1) is 5.92 Å². The van der Waals surface area contributed by atoms with E-state index in [1.165, 1.54) is 12.8 Å². The van der Waals surface area contributed by atoms with Crippen LogP contribution in [0.5, 0.6) is 0 Å². The smallest absolute Gasteiger partial charge is 0.228 e. The van der Waals surface area contributed by atoms with E-state index >= 15 is 0 Å². The van der Waals surface area contributed by atoms with Gasteiger partial charge in [-0.15, -0.1) is 11.6 Å². The Bertz CT molecular complexity index is 254. The first-order valence-electron chi connectivity index (χ1n) is 6.77. The maximum absolute atomic E-state index is 12.5. The molecule has 2 atom stereocenters. The third-order valence-corrected chi connectivity index (χ3v) is 4.20. The SMILES string of the molecule is O=C(C1CCCOC1)N1CCCCCC1CCl. The summed E-state index contributed by atoms with van der Waals surface area (Å²) in [7, 11) is 0. The van der Waals surface area contributed by atoms with E-state index in [9.17, 15) is 4.79 Å². The zero-order valence-electron chi connectivity index (χ0n) is 10.4. The molecule has 0 aliphatic carbocycles. The summed E-state index contributed by atoms with van der Waals surface area (Å²) >= 11 is 6.01. The topological polar surface area (TPSA) is 29.5 Å². The van der Waals surface area contributed by atoms with Crippen LogP contribution in [0.15, 0.2) is 0 Å². The number of amides is 1. The lowest BCUT2D eigenvalue weighted by Crippen LogP contribution is -2.46. The first kappa shape index (κ1) is 13.2. The van der Waals surface area contributed by atoms with Crippen LogP contribution in [0.3, 0.4) is 0 Å². The molecule has 2 unspecified atom stereocenters. The van der Waals surface area contributed by atoms with E-state index in [0.29, 0.717) is 12.5 Å². The maximum atomic E-state index is 12.5. The van der Waals surface area contributed by atoms with Gasteiger partial charge in [-0.25, -0.2) is 0 Å². The van der Waals surface area contributed by atoms with Crippen molar-refractivity contribution in [1.29, 1.82) is 0 Å². The molecule has 0 radical (unpaired) electrons. The number of hydrogen-bond acceptors (Lipinski definition) is 2. The van der Waals surface area contributed by atoms with E-state index in [0.717, 1.165) is 38.8 Å². The molecule has 98 valence electrons. The van der Waals surface area contributed by atoms with E-state index in [1.807, 2.05) is 4.90 Å².